The maximum absolute atomic E-state index is 13.1. The Morgan fingerprint density at radius 2 is 1.84 bits per heavy atom. The molecule has 0 bridgehead atoms. The number of fused-ring (bicyclic) bond motifs is 1. The molecule has 7 nitrogen and oxygen atoms in total. The van der Waals surface area contributed by atoms with Gasteiger partial charge in [-0.25, -0.2) is 12.8 Å². The summed E-state index contributed by atoms with van der Waals surface area (Å²) in [6, 6.07) is 16.1. The second-order valence-electron chi connectivity index (χ2n) is 6.83. The van der Waals surface area contributed by atoms with E-state index in [1.807, 2.05) is 25.2 Å². The average Bonchev–Trinajstić information content (AvgIpc) is 3.08. The Balaban J connectivity index is 1.63. The van der Waals surface area contributed by atoms with Crippen molar-refractivity contribution in [1.29, 1.82) is 0 Å². The van der Waals surface area contributed by atoms with Crippen molar-refractivity contribution in [1.82, 2.24) is 4.57 Å². The largest absolute Gasteiger partial charge is 0.497 e. The van der Waals surface area contributed by atoms with Crippen LogP contribution in [0, 0.1) is 5.82 Å². The highest BCUT2D eigenvalue weighted by Crippen LogP contribution is 2.23. The monoisotopic (exact) mass is 471 g/mol. The molecule has 1 N–H and O–H groups in total. The van der Waals surface area contributed by atoms with Crippen LogP contribution in [0.25, 0.3) is 10.2 Å². The molecule has 0 aliphatic carbocycles. The minimum Gasteiger partial charge on any atom is -0.497 e. The fourth-order valence-electron chi connectivity index (χ4n) is 3.04. The summed E-state index contributed by atoms with van der Waals surface area (Å²) in [5.41, 5.74) is 1.32. The lowest BCUT2D eigenvalue weighted by Gasteiger charge is -2.08. The molecule has 4 rings (SSSR count). The van der Waals surface area contributed by atoms with E-state index in [-0.39, 0.29) is 16.1 Å². The van der Waals surface area contributed by atoms with Gasteiger partial charge >= 0.3 is 0 Å². The third-order valence-electron chi connectivity index (χ3n) is 4.70. The van der Waals surface area contributed by atoms with Gasteiger partial charge in [0.15, 0.2) is 4.80 Å². The van der Waals surface area contributed by atoms with E-state index in [9.17, 15) is 17.6 Å². The Morgan fingerprint density at radius 1 is 1.09 bits per heavy atom. The van der Waals surface area contributed by atoms with Crippen molar-refractivity contribution in [3.8, 4) is 5.75 Å². The minimum absolute atomic E-state index is 0.0898. The van der Waals surface area contributed by atoms with Crippen molar-refractivity contribution >= 4 is 43.2 Å². The number of hydrogen-bond acceptors (Lipinski definition) is 5. The van der Waals surface area contributed by atoms with Gasteiger partial charge in [0.1, 0.15) is 11.6 Å². The smallest absolute Gasteiger partial charge is 0.279 e. The van der Waals surface area contributed by atoms with E-state index in [1.165, 1.54) is 35.6 Å². The zero-order chi connectivity index (χ0) is 22.9. The van der Waals surface area contributed by atoms with Gasteiger partial charge in [0.05, 0.1) is 22.2 Å². The fraction of sp³-hybridized carbons (Fsp3) is 0.0909. The first-order chi connectivity index (χ1) is 15.3. The van der Waals surface area contributed by atoms with E-state index in [2.05, 4.69) is 9.71 Å². The number of ether oxygens (including phenoxy) is 1. The number of methoxy groups -OCH3 is 1. The van der Waals surface area contributed by atoms with Crippen LogP contribution >= 0.6 is 11.3 Å². The molecule has 1 aromatic heterocycles. The number of benzene rings is 3. The Hall–Kier alpha value is -3.50. The summed E-state index contributed by atoms with van der Waals surface area (Å²) in [5.74, 6) is -0.341. The molecule has 0 aliphatic rings. The molecule has 0 aliphatic heterocycles. The standard InChI is InChI=1S/C22H18FN3O4S2/c1-26-19-11-8-17(30-2)13-20(19)31-22(26)24-21(27)14-4-3-5-16(12-14)25-32(28,29)18-9-6-15(23)7-10-18/h3-13,25H,1-2H3. The summed E-state index contributed by atoms with van der Waals surface area (Å²) in [4.78, 5) is 17.4. The van der Waals surface area contributed by atoms with Gasteiger partial charge in [0.2, 0.25) is 0 Å². The molecule has 0 unspecified atom stereocenters. The summed E-state index contributed by atoms with van der Waals surface area (Å²) < 4.78 is 48.5. The summed E-state index contributed by atoms with van der Waals surface area (Å²) in [5, 5.41) is 0. The van der Waals surface area contributed by atoms with E-state index in [0.717, 1.165) is 22.3 Å². The first-order valence-corrected chi connectivity index (χ1v) is 11.7. The lowest BCUT2D eigenvalue weighted by molar-refractivity contribution is 0.0998. The van der Waals surface area contributed by atoms with E-state index < -0.39 is 21.7 Å². The van der Waals surface area contributed by atoms with E-state index in [4.69, 9.17) is 4.74 Å². The van der Waals surface area contributed by atoms with Gasteiger partial charge in [0, 0.05) is 18.3 Å². The van der Waals surface area contributed by atoms with Crippen molar-refractivity contribution in [3.05, 3.63) is 82.9 Å². The van der Waals surface area contributed by atoms with Crippen LogP contribution in [0.3, 0.4) is 0 Å². The number of nitrogens with one attached hydrogen (secondary N) is 1. The molecule has 0 fully saturated rings. The number of aryl methyl sites for hydroxylation is 1. The molecule has 4 aromatic rings. The number of amides is 1. The maximum Gasteiger partial charge on any atom is 0.279 e. The maximum atomic E-state index is 13.1. The molecule has 0 spiro atoms. The van der Waals surface area contributed by atoms with Crippen LogP contribution in [-0.4, -0.2) is 26.0 Å². The summed E-state index contributed by atoms with van der Waals surface area (Å²) in [6.07, 6.45) is 0. The van der Waals surface area contributed by atoms with Crippen molar-refractivity contribution in [2.45, 2.75) is 4.90 Å². The van der Waals surface area contributed by atoms with Crippen molar-refractivity contribution < 1.29 is 22.3 Å². The fourth-order valence-corrected chi connectivity index (χ4v) is 5.14. The first-order valence-electron chi connectivity index (χ1n) is 9.38. The number of sulfonamides is 1. The quantitative estimate of drug-likeness (QED) is 0.478. The molecule has 1 amide bonds. The van der Waals surface area contributed by atoms with E-state index in [1.54, 1.807) is 23.8 Å². The molecule has 10 heteroatoms. The van der Waals surface area contributed by atoms with Crippen molar-refractivity contribution in [2.75, 3.05) is 11.8 Å². The van der Waals surface area contributed by atoms with Crippen LogP contribution in [0.4, 0.5) is 10.1 Å². The number of anilines is 1. The molecular formula is C22H18FN3O4S2. The number of rotatable bonds is 5. The lowest BCUT2D eigenvalue weighted by atomic mass is 10.2. The summed E-state index contributed by atoms with van der Waals surface area (Å²) in [7, 11) is -0.540. The van der Waals surface area contributed by atoms with Gasteiger partial charge in [-0.3, -0.25) is 9.52 Å². The van der Waals surface area contributed by atoms with E-state index in [0.29, 0.717) is 10.6 Å². The molecule has 164 valence electrons. The highest BCUT2D eigenvalue weighted by atomic mass is 32.2. The second kappa shape index (κ2) is 8.56. The minimum atomic E-state index is -3.93. The second-order valence-corrected chi connectivity index (χ2v) is 9.53. The molecule has 3 aromatic carbocycles. The van der Waals surface area contributed by atoms with Crippen molar-refractivity contribution in [2.24, 2.45) is 12.0 Å². The average molecular weight is 472 g/mol. The zero-order valence-electron chi connectivity index (χ0n) is 17.1. The Kier molecular flexibility index (Phi) is 5.81. The molecule has 0 saturated carbocycles. The predicted molar refractivity (Wildman–Crippen MR) is 121 cm³/mol. The summed E-state index contributed by atoms with van der Waals surface area (Å²) >= 11 is 1.34. The molecule has 0 atom stereocenters. The Bertz CT molecular complexity index is 1490. The Morgan fingerprint density at radius 3 is 2.56 bits per heavy atom. The highest BCUT2D eigenvalue weighted by Gasteiger charge is 2.15. The number of hydrogen-bond donors (Lipinski definition) is 1. The van der Waals surface area contributed by atoms with Crippen LogP contribution < -0.4 is 14.3 Å². The Labute approximate surface area is 187 Å². The third kappa shape index (κ3) is 4.41. The van der Waals surface area contributed by atoms with Crippen LogP contribution in [-0.2, 0) is 17.1 Å². The molecule has 1 heterocycles. The summed E-state index contributed by atoms with van der Waals surface area (Å²) in [6.45, 7) is 0. The molecule has 0 saturated heterocycles. The molecular weight excluding hydrogens is 453 g/mol. The van der Waals surface area contributed by atoms with Crippen LogP contribution in [0.1, 0.15) is 10.4 Å². The van der Waals surface area contributed by atoms with Crippen LogP contribution in [0.5, 0.6) is 5.75 Å². The predicted octanol–water partition coefficient (Wildman–Crippen LogP) is 3.93. The normalized spacial score (nSPS) is 12.2. The van der Waals surface area contributed by atoms with Crippen LogP contribution in [0.2, 0.25) is 0 Å². The number of aromatic nitrogens is 1. The van der Waals surface area contributed by atoms with Gasteiger partial charge in [0.25, 0.3) is 15.9 Å². The number of carbonyl (C=O) groups excluding carboxylic acids is 1. The third-order valence-corrected chi connectivity index (χ3v) is 7.19. The van der Waals surface area contributed by atoms with Gasteiger partial charge in [-0.2, -0.15) is 4.99 Å². The van der Waals surface area contributed by atoms with Gasteiger partial charge in [-0.05, 0) is 60.7 Å². The van der Waals surface area contributed by atoms with Gasteiger partial charge in [-0.1, -0.05) is 17.4 Å². The first kappa shape index (κ1) is 21.7. The SMILES string of the molecule is COc1ccc2c(c1)sc(=NC(=O)c1cccc(NS(=O)(=O)c3ccc(F)cc3)c1)n2C. The topological polar surface area (TPSA) is 89.8 Å². The lowest BCUT2D eigenvalue weighted by Crippen LogP contribution is -2.14. The number of nitrogens with zero attached hydrogens (tertiary/aromatic N) is 2. The number of halogens is 1. The molecule has 32 heavy (non-hydrogen) atoms. The van der Waals surface area contributed by atoms with E-state index >= 15 is 0 Å². The zero-order valence-corrected chi connectivity index (χ0v) is 18.7. The number of thiazole rings is 1. The van der Waals surface area contributed by atoms with Crippen LogP contribution in [0.15, 0.2) is 76.6 Å². The van der Waals surface area contributed by atoms with Gasteiger partial charge in [-0.15, -0.1) is 0 Å². The van der Waals surface area contributed by atoms with Crippen molar-refractivity contribution in [3.63, 3.8) is 0 Å². The van der Waals surface area contributed by atoms with Gasteiger partial charge < -0.3 is 9.30 Å². The number of carbonyl (C=O) groups is 1. The highest BCUT2D eigenvalue weighted by molar-refractivity contribution is 7.92. The molecule has 0 radical (unpaired) electrons.